The fourth-order valence-corrected chi connectivity index (χ4v) is 6.07. The Labute approximate surface area is 243 Å². The van der Waals surface area contributed by atoms with Crippen molar-refractivity contribution in [2.24, 2.45) is 7.05 Å². The Kier molecular flexibility index (Phi) is 6.81. The summed E-state index contributed by atoms with van der Waals surface area (Å²) >= 11 is 0. The summed E-state index contributed by atoms with van der Waals surface area (Å²) < 4.78 is 11.4. The quantitative estimate of drug-likeness (QED) is 0.196. The largest absolute Gasteiger partial charge is 0.439 e. The zero-order chi connectivity index (χ0) is 29.0. The molecule has 2 aromatic heterocycles. The van der Waals surface area contributed by atoms with E-state index in [0.29, 0.717) is 11.8 Å². The van der Waals surface area contributed by atoms with Crippen molar-refractivity contribution >= 4 is 22.1 Å². The van der Waals surface area contributed by atoms with Gasteiger partial charge in [-0.25, -0.2) is 9.55 Å². The van der Waals surface area contributed by atoms with E-state index in [1.165, 1.54) is 44.5 Å². The predicted molar refractivity (Wildman–Crippen MR) is 170 cm³/mol. The highest BCUT2D eigenvalue weighted by molar-refractivity contribution is 5.92. The molecule has 0 radical (unpaired) electrons. The maximum atomic E-state index is 6.53. The summed E-state index contributed by atoms with van der Waals surface area (Å²) in [5.41, 5.74) is 12.8. The number of aryl methyl sites for hydroxylation is 2. The number of benzene rings is 4. The lowest BCUT2D eigenvalue weighted by molar-refractivity contribution is -0.633. The normalized spacial score (nSPS) is 12.1. The van der Waals surface area contributed by atoms with Crippen LogP contribution in [0, 0.1) is 6.92 Å². The van der Waals surface area contributed by atoms with Gasteiger partial charge in [0.25, 0.3) is 5.82 Å². The molecule has 0 saturated heterocycles. The molecule has 0 atom stereocenters. The molecule has 208 valence electrons. The molecule has 4 nitrogen and oxygen atoms in total. The van der Waals surface area contributed by atoms with Crippen LogP contribution in [0.15, 0.2) is 83.3 Å². The van der Waals surface area contributed by atoms with Gasteiger partial charge in [0.15, 0.2) is 22.5 Å². The Balaban J connectivity index is 1.78. The monoisotopic (exact) mass is 542 g/mol. The number of hydrogen-bond acceptors (Lipinski definition) is 2. The standard InChI is InChI=1S/C37H40N3O/c1-22(2)28-20-27(26-14-10-9-11-15-26)21-29(23(3)4)34(28)40-32-17-13-12-16-31(32)39(8)37(40)33-25(7)18-19-30-35(33)41-36(38-30)24(5)6/h9-24H,1-8H3/q+1. The van der Waals surface area contributed by atoms with Gasteiger partial charge in [0.05, 0.1) is 7.05 Å². The van der Waals surface area contributed by atoms with Crippen LogP contribution in [0.2, 0.25) is 0 Å². The van der Waals surface area contributed by atoms with Crippen molar-refractivity contribution in [3.63, 3.8) is 0 Å². The van der Waals surface area contributed by atoms with Gasteiger partial charge in [-0.05, 0) is 65.8 Å². The first-order valence-electron chi connectivity index (χ1n) is 14.8. The van der Waals surface area contributed by atoms with Gasteiger partial charge in [-0.15, -0.1) is 0 Å². The van der Waals surface area contributed by atoms with Crippen LogP contribution in [0.4, 0.5) is 0 Å². The molecule has 0 aliphatic rings. The lowest BCUT2D eigenvalue weighted by atomic mass is 9.88. The van der Waals surface area contributed by atoms with Crippen LogP contribution >= 0.6 is 0 Å². The predicted octanol–water partition coefficient (Wildman–Crippen LogP) is 9.61. The van der Waals surface area contributed by atoms with Crippen molar-refractivity contribution in [3.05, 3.63) is 101 Å². The Morgan fingerprint density at radius 1 is 0.732 bits per heavy atom. The molecule has 0 unspecified atom stereocenters. The van der Waals surface area contributed by atoms with Crippen molar-refractivity contribution in [2.45, 2.75) is 66.2 Å². The number of oxazole rings is 1. The van der Waals surface area contributed by atoms with E-state index >= 15 is 0 Å². The molecule has 0 N–H and O–H groups in total. The average Bonchev–Trinajstić information content (AvgIpc) is 3.52. The molecular formula is C37H40N3O+. The average molecular weight is 543 g/mol. The van der Waals surface area contributed by atoms with E-state index in [1.807, 2.05) is 0 Å². The third-order valence-electron chi connectivity index (χ3n) is 8.26. The molecular weight excluding hydrogens is 502 g/mol. The molecule has 0 fully saturated rings. The molecule has 0 saturated carbocycles. The smallest absolute Gasteiger partial charge is 0.299 e. The van der Waals surface area contributed by atoms with E-state index in [-0.39, 0.29) is 5.92 Å². The highest BCUT2D eigenvalue weighted by atomic mass is 16.3. The third kappa shape index (κ3) is 4.46. The van der Waals surface area contributed by atoms with Crippen LogP contribution in [0.25, 0.3) is 50.3 Å². The SMILES string of the molecule is Cc1ccc2nc(C(C)C)oc2c1-c1n(-c2c(C(C)C)cc(-c3ccccc3)cc2C(C)C)c2ccccc2[n+]1C. The van der Waals surface area contributed by atoms with Crippen LogP contribution in [0.3, 0.4) is 0 Å². The maximum Gasteiger partial charge on any atom is 0.299 e. The molecule has 2 heterocycles. The topological polar surface area (TPSA) is 34.8 Å². The third-order valence-corrected chi connectivity index (χ3v) is 8.26. The fourth-order valence-electron chi connectivity index (χ4n) is 6.07. The molecule has 4 heteroatoms. The highest BCUT2D eigenvalue weighted by Crippen LogP contribution is 2.41. The van der Waals surface area contributed by atoms with Gasteiger partial charge in [-0.2, -0.15) is 4.57 Å². The number of para-hydroxylation sites is 2. The van der Waals surface area contributed by atoms with E-state index in [0.717, 1.165) is 28.4 Å². The number of nitrogens with zero attached hydrogens (tertiary/aromatic N) is 3. The van der Waals surface area contributed by atoms with E-state index in [9.17, 15) is 0 Å². The van der Waals surface area contributed by atoms with Crippen molar-refractivity contribution in [1.82, 2.24) is 9.55 Å². The number of imidazole rings is 1. The lowest BCUT2D eigenvalue weighted by Crippen LogP contribution is -2.30. The number of aromatic nitrogens is 3. The van der Waals surface area contributed by atoms with Gasteiger partial charge >= 0.3 is 0 Å². The summed E-state index contributed by atoms with van der Waals surface area (Å²) in [7, 11) is 2.18. The van der Waals surface area contributed by atoms with Crippen molar-refractivity contribution in [3.8, 4) is 28.2 Å². The number of hydrogen-bond donors (Lipinski definition) is 0. The van der Waals surface area contributed by atoms with Crippen molar-refractivity contribution < 1.29 is 8.98 Å². The second kappa shape index (κ2) is 10.3. The zero-order valence-corrected chi connectivity index (χ0v) is 25.5. The second-order valence-corrected chi connectivity index (χ2v) is 12.2. The molecule has 6 aromatic rings. The molecule has 0 amide bonds. The van der Waals surface area contributed by atoms with Gasteiger partial charge in [0.1, 0.15) is 16.8 Å². The minimum Gasteiger partial charge on any atom is -0.439 e. The molecule has 6 rings (SSSR count). The lowest BCUT2D eigenvalue weighted by Gasteiger charge is -2.21. The minimum absolute atomic E-state index is 0.209. The van der Waals surface area contributed by atoms with Crippen LogP contribution in [0.5, 0.6) is 0 Å². The van der Waals surface area contributed by atoms with Crippen molar-refractivity contribution in [1.29, 1.82) is 0 Å². The van der Waals surface area contributed by atoms with Crippen molar-refractivity contribution in [2.75, 3.05) is 0 Å². The summed E-state index contributed by atoms with van der Waals surface area (Å²) in [5, 5.41) is 0. The second-order valence-electron chi connectivity index (χ2n) is 12.2. The molecule has 4 aromatic carbocycles. The minimum atomic E-state index is 0.209. The summed E-state index contributed by atoms with van der Waals surface area (Å²) in [4.78, 5) is 4.88. The molecule has 0 aliphatic heterocycles. The number of rotatable bonds is 6. The van der Waals surface area contributed by atoms with Crippen LogP contribution in [0.1, 0.15) is 81.9 Å². The van der Waals surface area contributed by atoms with Gasteiger partial charge in [0.2, 0.25) is 0 Å². The van der Waals surface area contributed by atoms with Gasteiger partial charge < -0.3 is 4.42 Å². The van der Waals surface area contributed by atoms with Crippen LogP contribution in [-0.2, 0) is 7.05 Å². The first-order valence-corrected chi connectivity index (χ1v) is 14.8. The molecule has 0 aliphatic carbocycles. The summed E-state index contributed by atoms with van der Waals surface area (Å²) in [5.74, 6) is 2.73. The van der Waals surface area contributed by atoms with Gasteiger partial charge in [-0.3, -0.25) is 0 Å². The number of fused-ring (bicyclic) bond motifs is 2. The summed E-state index contributed by atoms with van der Waals surface area (Å²) in [6.07, 6.45) is 0. The van der Waals surface area contributed by atoms with E-state index in [4.69, 9.17) is 9.40 Å². The first kappa shape index (κ1) is 27.0. The highest BCUT2D eigenvalue weighted by Gasteiger charge is 2.34. The van der Waals surface area contributed by atoms with Gasteiger partial charge in [-0.1, -0.05) is 90.1 Å². The Bertz CT molecular complexity index is 1860. The van der Waals surface area contributed by atoms with Crippen LogP contribution < -0.4 is 4.57 Å². The van der Waals surface area contributed by atoms with Crippen LogP contribution in [-0.4, -0.2) is 9.55 Å². The molecule has 41 heavy (non-hydrogen) atoms. The first-order chi connectivity index (χ1) is 19.7. The van der Waals surface area contributed by atoms with Gasteiger partial charge in [0, 0.05) is 17.0 Å². The maximum absolute atomic E-state index is 6.53. The zero-order valence-electron chi connectivity index (χ0n) is 25.5. The Hall–Kier alpha value is -4.18. The molecule has 0 bridgehead atoms. The summed E-state index contributed by atoms with van der Waals surface area (Å²) in [6, 6.07) is 28.5. The van der Waals surface area contributed by atoms with E-state index < -0.39 is 0 Å². The van der Waals surface area contributed by atoms with E-state index in [1.54, 1.807) is 0 Å². The van der Waals surface area contributed by atoms with E-state index in [2.05, 4.69) is 144 Å². The Morgan fingerprint density at radius 3 is 2.00 bits per heavy atom. The fraction of sp³-hybridized carbons (Fsp3) is 0.297. The molecule has 0 spiro atoms. The Morgan fingerprint density at radius 2 is 1.37 bits per heavy atom. The summed E-state index contributed by atoms with van der Waals surface area (Å²) in [6.45, 7) is 15.7.